The van der Waals surface area contributed by atoms with Crippen molar-refractivity contribution in [2.24, 2.45) is 5.41 Å². The highest BCUT2D eigenvalue weighted by atomic mass is 16.2. The van der Waals surface area contributed by atoms with Crippen molar-refractivity contribution in [3.8, 4) is 0 Å². The van der Waals surface area contributed by atoms with Crippen molar-refractivity contribution >= 4 is 17.5 Å². The Hall–Kier alpha value is -1.88. The maximum atomic E-state index is 13.3. The van der Waals surface area contributed by atoms with Gasteiger partial charge in [0.1, 0.15) is 0 Å². The summed E-state index contributed by atoms with van der Waals surface area (Å²) in [6.07, 6.45) is 7.61. The molecule has 4 fully saturated rings. The Morgan fingerprint density at radius 3 is 2.21 bits per heavy atom. The van der Waals surface area contributed by atoms with E-state index in [9.17, 15) is 9.59 Å². The summed E-state index contributed by atoms with van der Waals surface area (Å²) in [6, 6.07) is 8.68. The minimum absolute atomic E-state index is 0.206. The van der Waals surface area contributed by atoms with Crippen LogP contribution in [0.3, 0.4) is 0 Å². The van der Waals surface area contributed by atoms with E-state index in [2.05, 4.69) is 29.2 Å². The Morgan fingerprint density at radius 1 is 0.929 bits per heavy atom. The van der Waals surface area contributed by atoms with Gasteiger partial charge in [-0.3, -0.25) is 14.5 Å². The van der Waals surface area contributed by atoms with Crippen LogP contribution < -0.4 is 4.90 Å². The molecule has 1 saturated carbocycles. The molecule has 0 atom stereocenters. The van der Waals surface area contributed by atoms with Gasteiger partial charge in [0.2, 0.25) is 11.8 Å². The number of hydrogen-bond acceptors (Lipinski definition) is 3. The lowest BCUT2D eigenvalue weighted by Crippen LogP contribution is -2.47. The number of benzene rings is 1. The zero-order valence-electron chi connectivity index (χ0n) is 16.7. The van der Waals surface area contributed by atoms with Crippen LogP contribution in [0, 0.1) is 5.41 Å². The molecule has 0 aromatic heterocycles. The summed E-state index contributed by atoms with van der Waals surface area (Å²) < 4.78 is 0. The van der Waals surface area contributed by atoms with E-state index in [0.717, 1.165) is 76.4 Å². The van der Waals surface area contributed by atoms with Crippen molar-refractivity contribution < 1.29 is 9.59 Å². The van der Waals surface area contributed by atoms with Crippen molar-refractivity contribution in [3.63, 3.8) is 0 Å². The van der Waals surface area contributed by atoms with E-state index in [1.165, 1.54) is 18.4 Å². The van der Waals surface area contributed by atoms with Gasteiger partial charge in [-0.1, -0.05) is 12.1 Å². The van der Waals surface area contributed by atoms with Gasteiger partial charge in [0.05, 0.1) is 12.0 Å². The fraction of sp³-hybridized carbons (Fsp3) is 0.652. The molecule has 28 heavy (non-hydrogen) atoms. The van der Waals surface area contributed by atoms with Crippen LogP contribution in [-0.4, -0.2) is 60.9 Å². The maximum absolute atomic E-state index is 13.3. The lowest BCUT2D eigenvalue weighted by Gasteiger charge is -2.38. The summed E-state index contributed by atoms with van der Waals surface area (Å²) in [5, 5.41) is 0. The Balaban J connectivity index is 1.19. The van der Waals surface area contributed by atoms with Crippen LogP contribution in [0.4, 0.5) is 5.69 Å². The highest BCUT2D eigenvalue weighted by Gasteiger charge is 2.48. The molecule has 2 amide bonds. The van der Waals surface area contributed by atoms with Gasteiger partial charge in [0, 0.05) is 25.3 Å². The van der Waals surface area contributed by atoms with Gasteiger partial charge in [0.25, 0.3) is 0 Å². The minimum atomic E-state index is -0.206. The van der Waals surface area contributed by atoms with Crippen LogP contribution in [0.2, 0.25) is 0 Å². The predicted octanol–water partition coefficient (Wildman–Crippen LogP) is 3.01. The molecule has 5 rings (SSSR count). The molecule has 0 bridgehead atoms. The van der Waals surface area contributed by atoms with Gasteiger partial charge < -0.3 is 9.80 Å². The molecule has 0 radical (unpaired) electrons. The van der Waals surface area contributed by atoms with Gasteiger partial charge in [-0.25, -0.2) is 0 Å². The molecule has 1 aromatic carbocycles. The number of piperidine rings is 1. The lowest BCUT2D eigenvalue weighted by atomic mass is 9.77. The summed E-state index contributed by atoms with van der Waals surface area (Å²) in [6.45, 7) is 4.91. The third kappa shape index (κ3) is 3.34. The van der Waals surface area contributed by atoms with Crippen LogP contribution in [-0.2, 0) is 9.59 Å². The van der Waals surface area contributed by atoms with Gasteiger partial charge in [-0.05, 0) is 81.6 Å². The van der Waals surface area contributed by atoms with Crippen molar-refractivity contribution in [1.82, 2.24) is 9.80 Å². The molecule has 5 nitrogen and oxygen atoms in total. The number of nitrogens with zero attached hydrogens (tertiary/aromatic N) is 3. The Labute approximate surface area is 167 Å². The van der Waals surface area contributed by atoms with Crippen molar-refractivity contribution in [2.45, 2.75) is 50.9 Å². The first-order chi connectivity index (χ1) is 13.6. The zero-order chi connectivity index (χ0) is 19.1. The second kappa shape index (κ2) is 7.18. The number of amides is 2. The standard InChI is InChI=1S/C23H31N3O2/c27-21(25-12-1-2-13-25)17-24-14-9-23(10-15-24)11-16-26(22(23)28)20-7-5-19(6-8-20)18-3-4-18/h5-8,18H,1-4,9-17H2. The molecule has 3 aliphatic heterocycles. The van der Waals surface area contributed by atoms with Crippen molar-refractivity contribution in [2.75, 3.05) is 44.2 Å². The molecule has 5 heteroatoms. The predicted molar refractivity (Wildman–Crippen MR) is 109 cm³/mol. The number of likely N-dealkylation sites (tertiary alicyclic amines) is 2. The summed E-state index contributed by atoms with van der Waals surface area (Å²) >= 11 is 0. The van der Waals surface area contributed by atoms with E-state index in [4.69, 9.17) is 0 Å². The van der Waals surface area contributed by atoms with E-state index < -0.39 is 0 Å². The van der Waals surface area contributed by atoms with Crippen molar-refractivity contribution in [1.29, 1.82) is 0 Å². The first-order valence-corrected chi connectivity index (χ1v) is 11.1. The molecule has 4 aliphatic rings. The van der Waals surface area contributed by atoms with E-state index in [1.807, 2.05) is 9.80 Å². The lowest BCUT2D eigenvalue weighted by molar-refractivity contribution is -0.132. The molecule has 150 valence electrons. The largest absolute Gasteiger partial charge is 0.342 e. The number of rotatable bonds is 4. The van der Waals surface area contributed by atoms with E-state index in [0.29, 0.717) is 12.5 Å². The van der Waals surface area contributed by atoms with Gasteiger partial charge in [0.15, 0.2) is 0 Å². The molecular formula is C23H31N3O2. The van der Waals surface area contributed by atoms with Crippen LogP contribution in [0.25, 0.3) is 0 Å². The highest BCUT2D eigenvalue weighted by Crippen LogP contribution is 2.44. The maximum Gasteiger partial charge on any atom is 0.236 e. The third-order valence-electron chi connectivity index (χ3n) is 7.40. The smallest absolute Gasteiger partial charge is 0.236 e. The van der Waals surface area contributed by atoms with E-state index >= 15 is 0 Å². The molecule has 0 unspecified atom stereocenters. The Bertz CT molecular complexity index is 742. The highest BCUT2D eigenvalue weighted by molar-refractivity contribution is 6.00. The molecule has 1 aromatic rings. The second-order valence-electron chi connectivity index (χ2n) is 9.22. The van der Waals surface area contributed by atoms with Crippen molar-refractivity contribution in [3.05, 3.63) is 29.8 Å². The third-order valence-corrected chi connectivity index (χ3v) is 7.40. The van der Waals surface area contributed by atoms with E-state index in [1.54, 1.807) is 0 Å². The van der Waals surface area contributed by atoms with Crippen LogP contribution in [0.1, 0.15) is 56.4 Å². The van der Waals surface area contributed by atoms with E-state index in [-0.39, 0.29) is 11.3 Å². The van der Waals surface area contributed by atoms with Gasteiger partial charge in [-0.15, -0.1) is 0 Å². The fourth-order valence-electron chi connectivity index (χ4n) is 5.27. The summed E-state index contributed by atoms with van der Waals surface area (Å²) in [4.78, 5) is 32.0. The first-order valence-electron chi connectivity index (χ1n) is 11.1. The van der Waals surface area contributed by atoms with Gasteiger partial charge >= 0.3 is 0 Å². The number of carbonyl (C=O) groups is 2. The fourth-order valence-corrected chi connectivity index (χ4v) is 5.27. The summed E-state index contributed by atoms with van der Waals surface area (Å²) in [7, 11) is 0. The minimum Gasteiger partial charge on any atom is -0.342 e. The number of anilines is 1. The topological polar surface area (TPSA) is 43.9 Å². The van der Waals surface area contributed by atoms with Crippen LogP contribution in [0.15, 0.2) is 24.3 Å². The number of hydrogen-bond donors (Lipinski definition) is 0. The zero-order valence-corrected chi connectivity index (χ0v) is 16.7. The molecule has 0 N–H and O–H groups in total. The first kappa shape index (κ1) is 18.2. The molecular weight excluding hydrogens is 350 g/mol. The molecule has 3 saturated heterocycles. The Morgan fingerprint density at radius 2 is 1.57 bits per heavy atom. The average molecular weight is 382 g/mol. The normalized spacial score (nSPS) is 25.1. The van der Waals surface area contributed by atoms with Crippen LogP contribution in [0.5, 0.6) is 0 Å². The molecule has 1 spiro atoms. The molecule has 3 heterocycles. The monoisotopic (exact) mass is 381 g/mol. The average Bonchev–Trinajstić information content (AvgIpc) is 3.33. The Kier molecular flexibility index (Phi) is 4.66. The SMILES string of the molecule is O=C(CN1CCC2(CC1)CCN(c1ccc(C3CC3)cc1)C2=O)N1CCCC1. The van der Waals surface area contributed by atoms with Gasteiger partial charge in [-0.2, -0.15) is 0 Å². The van der Waals surface area contributed by atoms with Crippen LogP contribution >= 0.6 is 0 Å². The molecule has 1 aliphatic carbocycles. The summed E-state index contributed by atoms with van der Waals surface area (Å²) in [5.41, 5.74) is 2.27. The number of carbonyl (C=O) groups excluding carboxylic acids is 2. The quantitative estimate of drug-likeness (QED) is 0.805. The summed E-state index contributed by atoms with van der Waals surface area (Å²) in [5.74, 6) is 1.32. The second-order valence-corrected chi connectivity index (χ2v) is 9.22.